The Morgan fingerprint density at radius 3 is 2.42 bits per heavy atom. The van der Waals surface area contributed by atoms with Crippen LogP contribution in [0.25, 0.3) is 10.2 Å². The summed E-state index contributed by atoms with van der Waals surface area (Å²) in [7, 11) is 6.30. The van der Waals surface area contributed by atoms with Gasteiger partial charge in [-0.25, -0.2) is 4.98 Å². The van der Waals surface area contributed by atoms with Gasteiger partial charge in [-0.3, -0.25) is 4.79 Å². The number of ether oxygens (including phenoxy) is 3. The van der Waals surface area contributed by atoms with Gasteiger partial charge in [-0.05, 0) is 24.3 Å². The molecule has 1 amide bonds. The molecule has 3 aromatic rings. The smallest absolute Gasteiger partial charge is 0.257 e. The van der Waals surface area contributed by atoms with Crippen LogP contribution >= 0.6 is 11.3 Å². The number of hydrogen-bond donors (Lipinski definition) is 0. The molecule has 3 rings (SSSR count). The maximum Gasteiger partial charge on any atom is 0.257 e. The summed E-state index contributed by atoms with van der Waals surface area (Å²) in [5, 5.41) is 0.876. The van der Waals surface area contributed by atoms with Gasteiger partial charge in [-0.15, -0.1) is 11.3 Å². The molecule has 2 aromatic carbocycles. The Labute approximate surface area is 155 Å². The van der Waals surface area contributed by atoms with Crippen LogP contribution in [0, 0.1) is 0 Å². The Morgan fingerprint density at radius 2 is 1.77 bits per heavy atom. The number of hydrogen-bond acceptors (Lipinski definition) is 6. The highest BCUT2D eigenvalue weighted by molar-refractivity contribution is 7.18. The Bertz CT molecular complexity index is 905. The second-order valence-electron chi connectivity index (χ2n) is 5.62. The zero-order valence-corrected chi connectivity index (χ0v) is 15.9. The van der Waals surface area contributed by atoms with Gasteiger partial charge in [-0.2, -0.15) is 0 Å². The summed E-state index contributed by atoms with van der Waals surface area (Å²) in [5.74, 6) is 1.08. The molecule has 0 unspecified atom stereocenters. The van der Waals surface area contributed by atoms with Gasteiger partial charge in [0.1, 0.15) is 5.01 Å². The van der Waals surface area contributed by atoms with Crippen LogP contribution in [0.3, 0.4) is 0 Å². The molecule has 0 saturated heterocycles. The molecule has 0 fully saturated rings. The second kappa shape index (κ2) is 7.61. The second-order valence-corrected chi connectivity index (χ2v) is 6.73. The minimum atomic E-state index is -0.179. The van der Waals surface area contributed by atoms with Crippen LogP contribution in [-0.4, -0.2) is 44.2 Å². The van der Waals surface area contributed by atoms with Gasteiger partial charge in [0, 0.05) is 7.05 Å². The summed E-state index contributed by atoms with van der Waals surface area (Å²) in [6.07, 6.45) is 0. The van der Waals surface area contributed by atoms with E-state index >= 15 is 0 Å². The third kappa shape index (κ3) is 3.30. The number of para-hydroxylation sites is 1. The van der Waals surface area contributed by atoms with Gasteiger partial charge in [-0.1, -0.05) is 12.1 Å². The van der Waals surface area contributed by atoms with E-state index in [9.17, 15) is 4.79 Å². The molecule has 7 heteroatoms. The summed E-state index contributed by atoms with van der Waals surface area (Å²) in [5.41, 5.74) is 1.35. The van der Waals surface area contributed by atoms with Crippen LogP contribution < -0.4 is 14.2 Å². The highest BCUT2D eigenvalue weighted by Crippen LogP contribution is 2.40. The Morgan fingerprint density at radius 1 is 1.04 bits per heavy atom. The number of carbonyl (C=O) groups excluding carboxylic acids is 1. The minimum Gasteiger partial charge on any atom is -0.493 e. The maximum absolute atomic E-state index is 12.9. The van der Waals surface area contributed by atoms with E-state index in [0.717, 1.165) is 15.2 Å². The van der Waals surface area contributed by atoms with E-state index < -0.39 is 0 Å². The molecule has 0 bridgehead atoms. The topological polar surface area (TPSA) is 60.9 Å². The normalized spacial score (nSPS) is 10.6. The predicted octanol–water partition coefficient (Wildman–Crippen LogP) is 3.59. The van der Waals surface area contributed by atoms with E-state index in [1.165, 1.54) is 21.3 Å². The molecule has 1 heterocycles. The fourth-order valence-corrected chi connectivity index (χ4v) is 3.76. The molecular weight excluding hydrogens is 352 g/mol. The average Bonchev–Trinajstić information content (AvgIpc) is 3.08. The largest absolute Gasteiger partial charge is 0.493 e. The molecule has 0 spiro atoms. The summed E-state index contributed by atoms with van der Waals surface area (Å²) in [6.45, 7) is 0.412. The third-order valence-electron chi connectivity index (χ3n) is 3.99. The Kier molecular flexibility index (Phi) is 5.27. The van der Waals surface area contributed by atoms with Gasteiger partial charge in [0.05, 0.1) is 43.7 Å². The molecule has 1 aromatic heterocycles. The lowest BCUT2D eigenvalue weighted by Crippen LogP contribution is -2.26. The van der Waals surface area contributed by atoms with E-state index in [4.69, 9.17) is 14.2 Å². The van der Waals surface area contributed by atoms with Crippen LogP contribution in [0.4, 0.5) is 0 Å². The number of thiazole rings is 1. The molecule has 26 heavy (non-hydrogen) atoms. The predicted molar refractivity (Wildman–Crippen MR) is 102 cm³/mol. The molecule has 0 aliphatic carbocycles. The number of nitrogens with zero attached hydrogens (tertiary/aromatic N) is 2. The minimum absolute atomic E-state index is 0.179. The molecule has 6 nitrogen and oxygen atoms in total. The lowest BCUT2D eigenvalue weighted by atomic mass is 10.1. The van der Waals surface area contributed by atoms with Crippen LogP contribution in [-0.2, 0) is 6.54 Å². The van der Waals surface area contributed by atoms with E-state index in [1.807, 2.05) is 24.3 Å². The number of rotatable bonds is 6. The number of amides is 1. The summed E-state index contributed by atoms with van der Waals surface area (Å²) in [6, 6.07) is 11.3. The van der Waals surface area contributed by atoms with E-state index in [1.54, 1.807) is 35.4 Å². The van der Waals surface area contributed by atoms with Crippen LogP contribution in [0.5, 0.6) is 17.2 Å². The van der Waals surface area contributed by atoms with Crippen molar-refractivity contribution in [2.75, 3.05) is 28.4 Å². The maximum atomic E-state index is 12.9. The highest BCUT2D eigenvalue weighted by atomic mass is 32.1. The number of aromatic nitrogens is 1. The van der Waals surface area contributed by atoms with Gasteiger partial charge in [0.25, 0.3) is 5.91 Å². The Balaban J connectivity index is 1.88. The van der Waals surface area contributed by atoms with Crippen molar-refractivity contribution < 1.29 is 19.0 Å². The lowest BCUT2D eigenvalue weighted by Gasteiger charge is -2.19. The highest BCUT2D eigenvalue weighted by Gasteiger charge is 2.23. The van der Waals surface area contributed by atoms with E-state index in [0.29, 0.717) is 29.4 Å². The standard InChI is InChI=1S/C19H20N2O4S/c1-21(11-16-20-13-7-5-6-8-15(13)26-16)19(22)12-9-10-14(23-2)18(25-4)17(12)24-3/h5-10H,11H2,1-4H3. The fraction of sp³-hybridized carbons (Fsp3) is 0.263. The van der Waals surface area contributed by atoms with Crippen LogP contribution in [0.1, 0.15) is 15.4 Å². The average molecular weight is 372 g/mol. The van der Waals surface area contributed by atoms with Crippen molar-refractivity contribution in [3.8, 4) is 17.2 Å². The summed E-state index contributed by atoms with van der Waals surface area (Å²) < 4.78 is 17.1. The number of methoxy groups -OCH3 is 3. The van der Waals surface area contributed by atoms with E-state index in [-0.39, 0.29) is 5.91 Å². The first-order valence-electron chi connectivity index (χ1n) is 7.98. The lowest BCUT2D eigenvalue weighted by molar-refractivity contribution is 0.0781. The van der Waals surface area contributed by atoms with Gasteiger partial charge in [0.2, 0.25) is 5.75 Å². The molecule has 0 radical (unpaired) electrons. The van der Waals surface area contributed by atoms with Crippen molar-refractivity contribution >= 4 is 27.5 Å². The monoisotopic (exact) mass is 372 g/mol. The van der Waals surface area contributed by atoms with Crippen molar-refractivity contribution in [2.45, 2.75) is 6.54 Å². The first-order valence-corrected chi connectivity index (χ1v) is 8.79. The Hall–Kier alpha value is -2.80. The summed E-state index contributed by atoms with van der Waals surface area (Å²) >= 11 is 1.58. The zero-order chi connectivity index (χ0) is 18.7. The van der Waals surface area contributed by atoms with E-state index in [2.05, 4.69) is 4.98 Å². The SMILES string of the molecule is COc1ccc(C(=O)N(C)Cc2nc3ccccc3s2)c(OC)c1OC. The zero-order valence-electron chi connectivity index (χ0n) is 15.1. The quantitative estimate of drug-likeness (QED) is 0.662. The van der Waals surface area contributed by atoms with Gasteiger partial charge < -0.3 is 19.1 Å². The number of benzene rings is 2. The van der Waals surface area contributed by atoms with Gasteiger partial charge in [0.15, 0.2) is 11.5 Å². The molecule has 0 saturated carbocycles. The van der Waals surface area contributed by atoms with Crippen molar-refractivity contribution in [3.63, 3.8) is 0 Å². The first kappa shape index (κ1) is 18.0. The third-order valence-corrected chi connectivity index (χ3v) is 5.01. The number of fused-ring (bicyclic) bond motifs is 1. The van der Waals surface area contributed by atoms with Gasteiger partial charge >= 0.3 is 0 Å². The fourth-order valence-electron chi connectivity index (χ4n) is 2.74. The molecule has 0 aliphatic heterocycles. The molecule has 0 atom stereocenters. The molecular formula is C19H20N2O4S. The summed E-state index contributed by atoms with van der Waals surface area (Å²) in [4.78, 5) is 19.1. The molecule has 0 aliphatic rings. The van der Waals surface area contributed by atoms with Crippen molar-refractivity contribution in [2.24, 2.45) is 0 Å². The van der Waals surface area contributed by atoms with Crippen LogP contribution in [0.15, 0.2) is 36.4 Å². The van der Waals surface area contributed by atoms with Crippen molar-refractivity contribution in [1.82, 2.24) is 9.88 Å². The molecule has 0 N–H and O–H groups in total. The first-order chi connectivity index (χ1) is 12.6. The van der Waals surface area contributed by atoms with Crippen molar-refractivity contribution in [3.05, 3.63) is 47.0 Å². The number of carbonyl (C=O) groups is 1. The van der Waals surface area contributed by atoms with Crippen molar-refractivity contribution in [1.29, 1.82) is 0 Å². The molecule has 136 valence electrons. The van der Waals surface area contributed by atoms with Crippen LogP contribution in [0.2, 0.25) is 0 Å².